The molecule has 170 valence electrons. The van der Waals surface area contributed by atoms with Gasteiger partial charge in [-0.15, -0.1) is 0 Å². The van der Waals surface area contributed by atoms with Gasteiger partial charge in [-0.25, -0.2) is 4.39 Å². The maximum atomic E-state index is 13.2. The summed E-state index contributed by atoms with van der Waals surface area (Å²) >= 11 is 12.0. The summed E-state index contributed by atoms with van der Waals surface area (Å²) in [4.78, 5) is 30.1. The first kappa shape index (κ1) is 23.0. The first-order valence-electron chi connectivity index (χ1n) is 11.0. The summed E-state index contributed by atoms with van der Waals surface area (Å²) in [5, 5.41) is 3.73. The van der Waals surface area contributed by atoms with E-state index in [9.17, 15) is 14.0 Å². The summed E-state index contributed by atoms with van der Waals surface area (Å²) in [6, 6.07) is 10.5. The Morgan fingerprint density at radius 3 is 2.22 bits per heavy atom. The zero-order valence-electron chi connectivity index (χ0n) is 17.7. The second kappa shape index (κ2) is 10.2. The fourth-order valence-electron chi connectivity index (χ4n) is 4.72. The van der Waals surface area contributed by atoms with Crippen LogP contribution in [0.1, 0.15) is 36.0 Å². The van der Waals surface area contributed by atoms with Crippen molar-refractivity contribution in [1.29, 1.82) is 0 Å². The van der Waals surface area contributed by atoms with Crippen LogP contribution in [0.3, 0.4) is 0 Å². The van der Waals surface area contributed by atoms with Crippen LogP contribution in [-0.4, -0.2) is 53.8 Å². The minimum absolute atomic E-state index is 0.0623. The van der Waals surface area contributed by atoms with Crippen molar-refractivity contribution >= 4 is 40.7 Å². The van der Waals surface area contributed by atoms with Gasteiger partial charge in [0.25, 0.3) is 5.91 Å². The highest BCUT2D eigenvalue weighted by Gasteiger charge is 2.37. The summed E-state index contributed by atoms with van der Waals surface area (Å²) in [6.45, 7) is 2.30. The molecule has 0 bridgehead atoms. The van der Waals surface area contributed by atoms with Gasteiger partial charge >= 0.3 is 0 Å². The molecular formula is C24H26Cl2FN3O2. The number of benzene rings is 2. The van der Waals surface area contributed by atoms with E-state index < -0.39 is 0 Å². The first-order chi connectivity index (χ1) is 15.4. The number of rotatable bonds is 5. The lowest BCUT2D eigenvalue weighted by molar-refractivity contribution is -0.123. The van der Waals surface area contributed by atoms with Gasteiger partial charge in [0.2, 0.25) is 5.91 Å². The molecule has 0 spiro atoms. The minimum atomic E-state index is -0.335. The van der Waals surface area contributed by atoms with Crippen LogP contribution < -0.4 is 5.32 Å². The van der Waals surface area contributed by atoms with Crippen LogP contribution in [0.5, 0.6) is 0 Å². The van der Waals surface area contributed by atoms with E-state index in [-0.39, 0.29) is 29.6 Å². The zero-order chi connectivity index (χ0) is 22.7. The number of piperazine rings is 1. The molecule has 0 unspecified atom stereocenters. The number of hydrogen-bond donors (Lipinski definition) is 1. The highest BCUT2D eigenvalue weighted by molar-refractivity contribution is 6.42. The minimum Gasteiger partial charge on any atom is -0.336 e. The topological polar surface area (TPSA) is 52.7 Å². The van der Waals surface area contributed by atoms with Crippen LogP contribution in [-0.2, 0) is 4.79 Å². The number of carbonyl (C=O) groups excluding carboxylic acids is 2. The number of nitrogens with zero attached hydrogens (tertiary/aromatic N) is 2. The van der Waals surface area contributed by atoms with E-state index in [4.69, 9.17) is 23.2 Å². The lowest BCUT2D eigenvalue weighted by atomic mass is 9.94. The molecule has 1 heterocycles. The maximum absolute atomic E-state index is 13.2. The van der Waals surface area contributed by atoms with Crippen molar-refractivity contribution in [1.82, 2.24) is 9.80 Å². The summed E-state index contributed by atoms with van der Waals surface area (Å²) in [5.41, 5.74) is 1.10. The Kier molecular flexibility index (Phi) is 7.33. The molecule has 0 aromatic heterocycles. The summed E-state index contributed by atoms with van der Waals surface area (Å²) in [5.74, 6) is -0.199. The highest BCUT2D eigenvalue weighted by Crippen LogP contribution is 2.32. The third-order valence-corrected chi connectivity index (χ3v) is 7.13. The maximum Gasteiger partial charge on any atom is 0.253 e. The van der Waals surface area contributed by atoms with Crippen molar-refractivity contribution in [3.63, 3.8) is 0 Å². The van der Waals surface area contributed by atoms with Gasteiger partial charge in [-0.3, -0.25) is 14.5 Å². The van der Waals surface area contributed by atoms with Crippen molar-refractivity contribution in [3.05, 3.63) is 63.9 Å². The molecule has 32 heavy (non-hydrogen) atoms. The van der Waals surface area contributed by atoms with E-state index in [1.54, 1.807) is 35.2 Å². The first-order valence-corrected chi connectivity index (χ1v) is 11.7. The van der Waals surface area contributed by atoms with E-state index in [1.165, 1.54) is 12.1 Å². The molecule has 1 saturated carbocycles. The highest BCUT2D eigenvalue weighted by atomic mass is 35.5. The smallest absolute Gasteiger partial charge is 0.253 e. The van der Waals surface area contributed by atoms with Crippen molar-refractivity contribution in [2.45, 2.75) is 31.7 Å². The van der Waals surface area contributed by atoms with E-state index in [2.05, 4.69) is 10.2 Å². The lowest BCUT2D eigenvalue weighted by Crippen LogP contribution is -2.56. The Labute approximate surface area is 197 Å². The second-order valence-electron chi connectivity index (χ2n) is 8.44. The molecular weight excluding hydrogens is 452 g/mol. The second-order valence-corrected chi connectivity index (χ2v) is 9.26. The summed E-state index contributed by atoms with van der Waals surface area (Å²) in [6.07, 6.45) is 4.29. The Balaban J connectivity index is 1.43. The van der Waals surface area contributed by atoms with Crippen molar-refractivity contribution in [2.24, 2.45) is 5.92 Å². The largest absolute Gasteiger partial charge is 0.336 e. The molecule has 4 rings (SSSR count). The molecule has 1 saturated heterocycles. The molecule has 2 aromatic carbocycles. The normalized spacial score (nSPS) is 18.5. The molecule has 2 aromatic rings. The average molecular weight is 478 g/mol. The lowest BCUT2D eigenvalue weighted by Gasteiger charge is -2.40. The van der Waals surface area contributed by atoms with Gasteiger partial charge in [-0.05, 0) is 61.2 Å². The SMILES string of the molecule is O=C(Nc1ccc(F)cc1)[C@H](C1CCCC1)N1CCN(C(=O)c2ccc(Cl)c(Cl)c2)CC1. The van der Waals surface area contributed by atoms with Crippen molar-refractivity contribution in [2.75, 3.05) is 31.5 Å². The number of nitrogens with one attached hydrogen (secondary N) is 1. The molecule has 1 aliphatic carbocycles. The van der Waals surface area contributed by atoms with Gasteiger partial charge < -0.3 is 10.2 Å². The standard InChI is InChI=1S/C24H26Cl2FN3O2/c25-20-10-5-17(15-21(20)26)24(32)30-13-11-29(12-14-30)22(16-3-1-2-4-16)23(31)28-19-8-6-18(27)7-9-19/h5-10,15-16,22H,1-4,11-14H2,(H,28,31)/t22-/m0/s1. The number of halogens is 3. The van der Waals surface area contributed by atoms with Crippen LogP contribution >= 0.6 is 23.2 Å². The van der Waals surface area contributed by atoms with Gasteiger partial charge in [0.15, 0.2) is 0 Å². The van der Waals surface area contributed by atoms with Crippen LogP contribution in [0.4, 0.5) is 10.1 Å². The molecule has 0 radical (unpaired) electrons. The van der Waals surface area contributed by atoms with Crippen molar-refractivity contribution < 1.29 is 14.0 Å². The van der Waals surface area contributed by atoms with Gasteiger partial charge in [0, 0.05) is 37.4 Å². The quantitative estimate of drug-likeness (QED) is 0.652. The predicted octanol–water partition coefficient (Wildman–Crippen LogP) is 5.09. The molecule has 2 amide bonds. The number of carbonyl (C=O) groups is 2. The molecule has 1 N–H and O–H groups in total. The summed E-state index contributed by atoms with van der Waals surface area (Å²) < 4.78 is 13.2. The number of hydrogen-bond acceptors (Lipinski definition) is 3. The average Bonchev–Trinajstić information content (AvgIpc) is 3.32. The molecule has 8 heteroatoms. The van der Waals surface area contributed by atoms with Gasteiger partial charge in [-0.1, -0.05) is 36.0 Å². The molecule has 1 atom stereocenters. The number of anilines is 1. The molecule has 1 aliphatic heterocycles. The third-order valence-electron chi connectivity index (χ3n) is 6.39. The van der Waals surface area contributed by atoms with Crippen LogP contribution in [0, 0.1) is 11.7 Å². The van der Waals surface area contributed by atoms with Crippen LogP contribution in [0.15, 0.2) is 42.5 Å². The zero-order valence-corrected chi connectivity index (χ0v) is 19.2. The Morgan fingerprint density at radius 2 is 1.59 bits per heavy atom. The van der Waals surface area contributed by atoms with Gasteiger partial charge in [0.05, 0.1) is 16.1 Å². The van der Waals surface area contributed by atoms with E-state index >= 15 is 0 Å². The third kappa shape index (κ3) is 5.25. The van der Waals surface area contributed by atoms with E-state index in [0.29, 0.717) is 47.5 Å². The predicted molar refractivity (Wildman–Crippen MR) is 125 cm³/mol. The monoisotopic (exact) mass is 477 g/mol. The molecule has 5 nitrogen and oxygen atoms in total. The fraction of sp³-hybridized carbons (Fsp3) is 0.417. The Bertz CT molecular complexity index is 972. The van der Waals surface area contributed by atoms with E-state index in [0.717, 1.165) is 25.7 Å². The van der Waals surface area contributed by atoms with E-state index in [1.807, 2.05) is 0 Å². The van der Waals surface area contributed by atoms with Gasteiger partial charge in [0.1, 0.15) is 5.82 Å². The molecule has 2 aliphatic rings. The van der Waals surface area contributed by atoms with Crippen LogP contribution in [0.25, 0.3) is 0 Å². The summed E-state index contributed by atoms with van der Waals surface area (Å²) in [7, 11) is 0. The molecule has 2 fully saturated rings. The van der Waals surface area contributed by atoms with Gasteiger partial charge in [-0.2, -0.15) is 0 Å². The fourth-order valence-corrected chi connectivity index (χ4v) is 5.01. The van der Waals surface area contributed by atoms with Crippen LogP contribution in [0.2, 0.25) is 10.0 Å². The van der Waals surface area contributed by atoms with Crippen molar-refractivity contribution in [3.8, 4) is 0 Å². The Morgan fingerprint density at radius 1 is 0.938 bits per heavy atom. The Hall–Kier alpha value is -2.15. The number of amides is 2.